The summed E-state index contributed by atoms with van der Waals surface area (Å²) < 4.78 is 19.2. The molecule has 0 atom stereocenters. The third-order valence-electron chi connectivity index (χ3n) is 3.27. The second kappa shape index (κ2) is 4.98. The Morgan fingerprint density at radius 1 is 1.05 bits per heavy atom. The smallest absolute Gasteiger partial charge is 0.135 e. The second-order valence-electron chi connectivity index (χ2n) is 5.00. The van der Waals surface area contributed by atoms with E-state index in [4.69, 9.17) is 4.42 Å². The number of aryl methyl sites for hydroxylation is 3. The molecule has 1 heterocycles. The fraction of sp³-hybridized carbons (Fsp3) is 0.176. The molecular weight excluding hydrogens is 271 g/mol. The zero-order valence-corrected chi connectivity index (χ0v) is 12.5. The topological polar surface area (TPSA) is 13.1 Å². The first-order chi connectivity index (χ1) is 9.54. The highest BCUT2D eigenvalue weighted by atomic mass is 32.2. The van der Waals surface area contributed by atoms with Crippen molar-refractivity contribution in [3.63, 3.8) is 0 Å². The van der Waals surface area contributed by atoms with Crippen LogP contribution in [0.3, 0.4) is 0 Å². The van der Waals surface area contributed by atoms with Gasteiger partial charge < -0.3 is 4.42 Å². The fourth-order valence-corrected chi connectivity index (χ4v) is 3.56. The van der Waals surface area contributed by atoms with Gasteiger partial charge in [0.15, 0.2) is 0 Å². The molecule has 0 amide bonds. The molecule has 1 aromatic heterocycles. The van der Waals surface area contributed by atoms with Gasteiger partial charge >= 0.3 is 0 Å². The van der Waals surface area contributed by atoms with Gasteiger partial charge in [0.25, 0.3) is 0 Å². The predicted molar refractivity (Wildman–Crippen MR) is 80.9 cm³/mol. The van der Waals surface area contributed by atoms with Crippen LogP contribution in [0.1, 0.15) is 16.9 Å². The van der Waals surface area contributed by atoms with E-state index in [0.717, 1.165) is 26.5 Å². The van der Waals surface area contributed by atoms with Gasteiger partial charge in [-0.15, -0.1) is 0 Å². The van der Waals surface area contributed by atoms with Crippen LogP contribution in [-0.2, 0) is 0 Å². The van der Waals surface area contributed by atoms with Crippen LogP contribution in [0.2, 0.25) is 0 Å². The van der Waals surface area contributed by atoms with E-state index in [1.54, 1.807) is 23.9 Å². The number of fused-ring (bicyclic) bond motifs is 1. The van der Waals surface area contributed by atoms with Crippen LogP contribution in [0.15, 0.2) is 50.6 Å². The Hall–Kier alpha value is -1.74. The summed E-state index contributed by atoms with van der Waals surface area (Å²) in [5.41, 5.74) is 3.28. The second-order valence-corrected chi connectivity index (χ2v) is 6.09. The van der Waals surface area contributed by atoms with Crippen molar-refractivity contribution in [2.45, 2.75) is 30.6 Å². The molecular formula is C17H15FOS. The van der Waals surface area contributed by atoms with Crippen molar-refractivity contribution in [1.82, 2.24) is 0 Å². The number of hydrogen-bond acceptors (Lipinski definition) is 2. The van der Waals surface area contributed by atoms with Gasteiger partial charge in [0.2, 0.25) is 0 Å². The molecule has 0 saturated carbocycles. The minimum absolute atomic E-state index is 0.215. The largest absolute Gasteiger partial charge is 0.460 e. The molecule has 3 rings (SSSR count). The highest BCUT2D eigenvalue weighted by Gasteiger charge is 2.15. The molecule has 0 saturated heterocycles. The average Bonchev–Trinajstić information content (AvgIpc) is 2.65. The lowest BCUT2D eigenvalue weighted by Crippen LogP contribution is -1.81. The summed E-state index contributed by atoms with van der Waals surface area (Å²) in [6.45, 7) is 6.10. The van der Waals surface area contributed by atoms with Gasteiger partial charge in [-0.25, -0.2) is 4.39 Å². The lowest BCUT2D eigenvalue weighted by molar-refractivity contribution is 0.568. The number of hydrogen-bond donors (Lipinski definition) is 0. The Morgan fingerprint density at radius 2 is 1.85 bits per heavy atom. The number of rotatable bonds is 2. The van der Waals surface area contributed by atoms with Crippen LogP contribution in [0.4, 0.5) is 4.39 Å². The Balaban J connectivity index is 2.14. The summed E-state index contributed by atoms with van der Waals surface area (Å²) in [4.78, 5) is 1.96. The van der Waals surface area contributed by atoms with Crippen LogP contribution in [0.25, 0.3) is 11.0 Å². The van der Waals surface area contributed by atoms with Gasteiger partial charge in [-0.05, 0) is 56.2 Å². The average molecular weight is 286 g/mol. The van der Waals surface area contributed by atoms with Gasteiger partial charge in [0, 0.05) is 10.3 Å². The maximum Gasteiger partial charge on any atom is 0.135 e. The molecule has 0 bridgehead atoms. The van der Waals surface area contributed by atoms with E-state index in [1.807, 2.05) is 19.1 Å². The zero-order valence-electron chi connectivity index (χ0n) is 11.7. The molecule has 0 aliphatic carbocycles. The van der Waals surface area contributed by atoms with Gasteiger partial charge in [0.05, 0.1) is 4.90 Å². The molecule has 20 heavy (non-hydrogen) atoms. The van der Waals surface area contributed by atoms with E-state index in [2.05, 4.69) is 19.9 Å². The molecule has 0 unspecified atom stereocenters. The van der Waals surface area contributed by atoms with Crippen molar-refractivity contribution in [3.8, 4) is 0 Å². The molecule has 0 aliphatic rings. The predicted octanol–water partition coefficient (Wildman–Crippen LogP) is 5.65. The molecule has 0 aliphatic heterocycles. The highest BCUT2D eigenvalue weighted by molar-refractivity contribution is 7.99. The van der Waals surface area contributed by atoms with Crippen LogP contribution in [-0.4, -0.2) is 0 Å². The third-order valence-corrected chi connectivity index (χ3v) is 4.45. The minimum atomic E-state index is -0.215. The van der Waals surface area contributed by atoms with Crippen LogP contribution in [0, 0.1) is 26.6 Å². The molecule has 0 N–H and O–H groups in total. The first kappa shape index (κ1) is 13.3. The Labute approximate surface area is 121 Å². The summed E-state index contributed by atoms with van der Waals surface area (Å²) in [7, 11) is 0. The number of halogens is 1. The highest BCUT2D eigenvalue weighted by Crippen LogP contribution is 2.40. The Bertz CT molecular complexity index is 789. The van der Waals surface area contributed by atoms with Crippen molar-refractivity contribution >= 4 is 22.7 Å². The number of furan rings is 1. The molecule has 0 spiro atoms. The third kappa shape index (κ3) is 2.34. The van der Waals surface area contributed by atoms with Crippen molar-refractivity contribution in [1.29, 1.82) is 0 Å². The quantitative estimate of drug-likeness (QED) is 0.604. The van der Waals surface area contributed by atoms with E-state index in [9.17, 15) is 4.39 Å². The molecule has 1 nitrogen and oxygen atoms in total. The van der Waals surface area contributed by atoms with Crippen molar-refractivity contribution < 1.29 is 8.81 Å². The molecule has 2 aromatic carbocycles. The first-order valence-electron chi connectivity index (χ1n) is 6.48. The SMILES string of the molecule is Cc1cc(C)c2c(Sc3cccc(F)c3)c(C)oc2c1. The van der Waals surface area contributed by atoms with E-state index in [0.29, 0.717) is 0 Å². The van der Waals surface area contributed by atoms with E-state index in [1.165, 1.54) is 17.2 Å². The fourth-order valence-electron chi connectivity index (χ4n) is 2.46. The Kier molecular flexibility index (Phi) is 3.30. The summed E-state index contributed by atoms with van der Waals surface area (Å²) in [5.74, 6) is 0.663. The zero-order chi connectivity index (χ0) is 14.3. The summed E-state index contributed by atoms with van der Waals surface area (Å²) in [6.07, 6.45) is 0. The number of benzene rings is 2. The summed E-state index contributed by atoms with van der Waals surface area (Å²) in [5, 5.41) is 1.13. The maximum absolute atomic E-state index is 13.3. The van der Waals surface area contributed by atoms with Gasteiger partial charge in [-0.3, -0.25) is 0 Å². The molecule has 102 valence electrons. The normalized spacial score (nSPS) is 11.2. The minimum Gasteiger partial charge on any atom is -0.460 e. The Morgan fingerprint density at radius 3 is 2.60 bits per heavy atom. The van der Waals surface area contributed by atoms with Crippen LogP contribution < -0.4 is 0 Å². The monoisotopic (exact) mass is 286 g/mol. The van der Waals surface area contributed by atoms with Crippen molar-refractivity contribution in [2.75, 3.05) is 0 Å². The summed E-state index contributed by atoms with van der Waals surface area (Å²) in [6, 6.07) is 10.8. The first-order valence-corrected chi connectivity index (χ1v) is 7.30. The molecule has 0 radical (unpaired) electrons. The van der Waals surface area contributed by atoms with Crippen LogP contribution >= 0.6 is 11.8 Å². The van der Waals surface area contributed by atoms with Crippen LogP contribution in [0.5, 0.6) is 0 Å². The van der Waals surface area contributed by atoms with E-state index >= 15 is 0 Å². The van der Waals surface area contributed by atoms with E-state index in [-0.39, 0.29) is 5.82 Å². The maximum atomic E-state index is 13.3. The summed E-state index contributed by atoms with van der Waals surface area (Å²) >= 11 is 1.55. The van der Waals surface area contributed by atoms with E-state index < -0.39 is 0 Å². The molecule has 3 aromatic rings. The van der Waals surface area contributed by atoms with Gasteiger partial charge in [-0.1, -0.05) is 23.9 Å². The molecule has 3 heteroatoms. The van der Waals surface area contributed by atoms with Gasteiger partial charge in [-0.2, -0.15) is 0 Å². The standard InChI is InChI=1S/C17H15FOS/c1-10-7-11(2)16-15(8-10)19-12(3)17(16)20-14-6-4-5-13(18)9-14/h4-9H,1-3H3. The van der Waals surface area contributed by atoms with Crippen molar-refractivity contribution in [3.05, 3.63) is 59.1 Å². The van der Waals surface area contributed by atoms with Gasteiger partial charge in [0.1, 0.15) is 17.2 Å². The molecule has 0 fully saturated rings. The lowest BCUT2D eigenvalue weighted by Gasteiger charge is -2.03. The van der Waals surface area contributed by atoms with Crippen molar-refractivity contribution in [2.24, 2.45) is 0 Å². The lowest BCUT2D eigenvalue weighted by atomic mass is 10.1.